The molecule has 3 aromatic rings. The van der Waals surface area contributed by atoms with Crippen molar-refractivity contribution in [3.8, 4) is 11.3 Å². The van der Waals surface area contributed by atoms with Gasteiger partial charge in [-0.2, -0.15) is 5.10 Å². The molecular weight excluding hydrogens is 354 g/mol. The third-order valence-electron chi connectivity index (χ3n) is 5.24. The molecular formula is C21H23N5O2. The van der Waals surface area contributed by atoms with Gasteiger partial charge < -0.3 is 4.57 Å². The Morgan fingerprint density at radius 1 is 1.11 bits per heavy atom. The molecule has 0 bridgehead atoms. The van der Waals surface area contributed by atoms with Crippen LogP contribution in [0.4, 0.5) is 0 Å². The number of aromatic nitrogens is 4. The fraction of sp³-hybridized carbons (Fsp3) is 0.333. The topological polar surface area (TPSA) is 73.0 Å². The molecule has 7 heteroatoms. The summed E-state index contributed by atoms with van der Waals surface area (Å²) in [6.07, 6.45) is 7.46. The lowest BCUT2D eigenvalue weighted by molar-refractivity contribution is 0.216. The van der Waals surface area contributed by atoms with Gasteiger partial charge in [-0.3, -0.25) is 19.5 Å². The quantitative estimate of drug-likeness (QED) is 0.676. The zero-order valence-corrected chi connectivity index (χ0v) is 15.9. The number of pyridine rings is 2. The Morgan fingerprint density at radius 2 is 1.96 bits per heavy atom. The average Bonchev–Trinajstić information content (AvgIpc) is 3.14. The molecule has 28 heavy (non-hydrogen) atoms. The molecule has 0 aromatic carbocycles. The predicted molar refractivity (Wildman–Crippen MR) is 107 cm³/mol. The summed E-state index contributed by atoms with van der Waals surface area (Å²) in [6.45, 7) is 2.29. The Bertz CT molecular complexity index is 1070. The highest BCUT2D eigenvalue weighted by Gasteiger charge is 2.25. The molecule has 7 nitrogen and oxygen atoms in total. The van der Waals surface area contributed by atoms with Gasteiger partial charge in [0.05, 0.1) is 12.2 Å². The van der Waals surface area contributed by atoms with Crippen LogP contribution < -0.4 is 11.1 Å². The molecule has 0 saturated carbocycles. The summed E-state index contributed by atoms with van der Waals surface area (Å²) in [4.78, 5) is 30.5. The van der Waals surface area contributed by atoms with Crippen molar-refractivity contribution in [3.05, 3.63) is 81.3 Å². The molecule has 3 aromatic heterocycles. The highest BCUT2D eigenvalue weighted by molar-refractivity contribution is 5.56. The van der Waals surface area contributed by atoms with Crippen LogP contribution in [-0.2, 0) is 20.1 Å². The molecule has 144 valence electrons. The Morgan fingerprint density at radius 3 is 2.75 bits per heavy atom. The summed E-state index contributed by atoms with van der Waals surface area (Å²) >= 11 is 0. The molecule has 0 spiro atoms. The van der Waals surface area contributed by atoms with Crippen LogP contribution in [0.1, 0.15) is 18.4 Å². The lowest BCUT2D eigenvalue weighted by atomic mass is 10.2. The molecule has 0 N–H and O–H groups in total. The zero-order chi connectivity index (χ0) is 19.5. The maximum atomic E-state index is 12.4. The molecule has 0 radical (unpaired) electrons. The third-order valence-corrected chi connectivity index (χ3v) is 5.24. The molecule has 4 rings (SSSR count). The smallest absolute Gasteiger partial charge is 0.266 e. The Labute approximate surface area is 162 Å². The average molecular weight is 377 g/mol. The standard InChI is InChI=1S/C21H23N5O2/c1-24-13-16(6-8-20(24)27)14-25-11-3-5-18(25)15-26-21(28)9-7-19(23-26)17-4-2-10-22-12-17/h2,4,6-10,12-13,18H,3,5,11,14-15H2,1H3. The Kier molecular flexibility index (Phi) is 5.16. The lowest BCUT2D eigenvalue weighted by Crippen LogP contribution is -2.36. The van der Waals surface area contributed by atoms with Gasteiger partial charge in [0, 0.05) is 55.9 Å². The van der Waals surface area contributed by atoms with E-state index in [0.29, 0.717) is 6.54 Å². The van der Waals surface area contributed by atoms with Crippen LogP contribution in [0.5, 0.6) is 0 Å². The molecule has 1 unspecified atom stereocenters. The van der Waals surface area contributed by atoms with Crippen molar-refractivity contribution in [3.63, 3.8) is 0 Å². The maximum Gasteiger partial charge on any atom is 0.266 e. The summed E-state index contributed by atoms with van der Waals surface area (Å²) in [5.74, 6) is 0. The summed E-state index contributed by atoms with van der Waals surface area (Å²) < 4.78 is 3.16. The van der Waals surface area contributed by atoms with E-state index >= 15 is 0 Å². The third kappa shape index (κ3) is 3.94. The zero-order valence-electron chi connectivity index (χ0n) is 15.9. The largest absolute Gasteiger partial charge is 0.318 e. The van der Waals surface area contributed by atoms with E-state index in [0.717, 1.165) is 42.8 Å². The number of hydrogen-bond acceptors (Lipinski definition) is 5. The molecule has 1 aliphatic heterocycles. The molecule has 1 saturated heterocycles. The van der Waals surface area contributed by atoms with Gasteiger partial charge in [-0.1, -0.05) is 6.07 Å². The highest BCUT2D eigenvalue weighted by Crippen LogP contribution is 2.21. The van der Waals surface area contributed by atoms with E-state index in [2.05, 4.69) is 15.0 Å². The van der Waals surface area contributed by atoms with E-state index in [1.54, 1.807) is 46.9 Å². The fourth-order valence-electron chi connectivity index (χ4n) is 3.74. The summed E-state index contributed by atoms with van der Waals surface area (Å²) in [7, 11) is 1.76. The van der Waals surface area contributed by atoms with Gasteiger partial charge in [0.25, 0.3) is 5.56 Å². The number of aryl methyl sites for hydroxylation is 1. The predicted octanol–water partition coefficient (Wildman–Crippen LogP) is 1.67. The van der Waals surface area contributed by atoms with Crippen LogP contribution in [0.25, 0.3) is 11.3 Å². The van der Waals surface area contributed by atoms with E-state index in [-0.39, 0.29) is 17.2 Å². The van der Waals surface area contributed by atoms with Gasteiger partial charge in [-0.05, 0) is 43.1 Å². The van der Waals surface area contributed by atoms with Crippen LogP contribution in [0, 0.1) is 0 Å². The molecule has 0 aliphatic carbocycles. The normalized spacial score (nSPS) is 17.1. The lowest BCUT2D eigenvalue weighted by Gasteiger charge is -2.25. The SMILES string of the molecule is Cn1cc(CN2CCCC2Cn2nc(-c3cccnc3)ccc2=O)ccc1=O. The molecule has 1 fully saturated rings. The van der Waals surface area contributed by atoms with Gasteiger partial charge in [-0.25, -0.2) is 4.68 Å². The van der Waals surface area contributed by atoms with Crippen molar-refractivity contribution in [2.45, 2.75) is 32.0 Å². The van der Waals surface area contributed by atoms with Crippen molar-refractivity contribution in [1.82, 2.24) is 24.2 Å². The van der Waals surface area contributed by atoms with Gasteiger partial charge in [-0.15, -0.1) is 0 Å². The second kappa shape index (κ2) is 7.90. The minimum Gasteiger partial charge on any atom is -0.318 e. The van der Waals surface area contributed by atoms with Crippen LogP contribution >= 0.6 is 0 Å². The number of nitrogens with zero attached hydrogens (tertiary/aromatic N) is 5. The first kappa shape index (κ1) is 18.3. The van der Waals surface area contributed by atoms with Crippen molar-refractivity contribution in [1.29, 1.82) is 0 Å². The van der Waals surface area contributed by atoms with Gasteiger partial charge in [0.1, 0.15) is 0 Å². The minimum absolute atomic E-state index is 0.00955. The van der Waals surface area contributed by atoms with Crippen molar-refractivity contribution >= 4 is 0 Å². The number of likely N-dealkylation sites (tertiary alicyclic amines) is 1. The highest BCUT2D eigenvalue weighted by atomic mass is 16.1. The van der Waals surface area contributed by atoms with Gasteiger partial charge in [0.15, 0.2) is 0 Å². The first-order chi connectivity index (χ1) is 13.6. The summed E-state index contributed by atoms with van der Waals surface area (Å²) in [5, 5.41) is 4.57. The fourth-order valence-corrected chi connectivity index (χ4v) is 3.74. The Hall–Kier alpha value is -3.06. The first-order valence-corrected chi connectivity index (χ1v) is 9.48. The van der Waals surface area contributed by atoms with E-state index in [1.807, 2.05) is 24.4 Å². The van der Waals surface area contributed by atoms with Crippen molar-refractivity contribution in [2.24, 2.45) is 7.05 Å². The van der Waals surface area contributed by atoms with E-state index in [9.17, 15) is 9.59 Å². The monoisotopic (exact) mass is 377 g/mol. The molecule has 4 heterocycles. The Balaban J connectivity index is 1.53. The van der Waals surface area contributed by atoms with Gasteiger partial charge >= 0.3 is 0 Å². The number of rotatable bonds is 5. The van der Waals surface area contributed by atoms with E-state index < -0.39 is 0 Å². The second-order valence-corrected chi connectivity index (χ2v) is 7.23. The van der Waals surface area contributed by atoms with Crippen molar-refractivity contribution in [2.75, 3.05) is 6.54 Å². The van der Waals surface area contributed by atoms with Crippen molar-refractivity contribution < 1.29 is 0 Å². The van der Waals surface area contributed by atoms with Crippen LogP contribution in [0.15, 0.2) is 64.6 Å². The molecule has 1 atom stereocenters. The summed E-state index contributed by atoms with van der Waals surface area (Å²) in [6, 6.07) is 10.8. The van der Waals surface area contributed by atoms with Crippen LogP contribution in [0.2, 0.25) is 0 Å². The van der Waals surface area contributed by atoms with Crippen LogP contribution in [-0.4, -0.2) is 36.8 Å². The van der Waals surface area contributed by atoms with Crippen LogP contribution in [0.3, 0.4) is 0 Å². The van der Waals surface area contributed by atoms with Gasteiger partial charge in [0.2, 0.25) is 5.56 Å². The maximum absolute atomic E-state index is 12.4. The summed E-state index contributed by atoms with van der Waals surface area (Å²) in [5.41, 5.74) is 2.63. The minimum atomic E-state index is -0.0957. The molecule has 0 amide bonds. The number of hydrogen-bond donors (Lipinski definition) is 0. The van der Waals surface area contributed by atoms with E-state index in [4.69, 9.17) is 0 Å². The molecule has 1 aliphatic rings. The van der Waals surface area contributed by atoms with E-state index in [1.165, 1.54) is 0 Å². The second-order valence-electron chi connectivity index (χ2n) is 7.23. The first-order valence-electron chi connectivity index (χ1n) is 9.48.